The van der Waals surface area contributed by atoms with E-state index in [2.05, 4.69) is 5.32 Å². The van der Waals surface area contributed by atoms with Crippen LogP contribution in [-0.2, 0) is 4.74 Å². The standard InChI is InChI=1S/C29H20Cl2N2O3S/c1-16-24(20-10-6-7-11-23(20)32-26(16)19-13-12-18(30)14-22(19)31)27(34)33-28-25(29(35)36-2)21(15-37-28)17-8-4-3-5-9-17/h3-15H,1-2H3,(H,33,34). The summed E-state index contributed by atoms with van der Waals surface area (Å²) in [4.78, 5) is 31.4. The molecule has 5 nitrogen and oxygen atoms in total. The molecule has 0 fully saturated rings. The lowest BCUT2D eigenvalue weighted by Gasteiger charge is -2.16. The molecule has 1 amide bonds. The molecule has 0 aliphatic rings. The van der Waals surface area contributed by atoms with E-state index in [4.69, 9.17) is 32.9 Å². The Balaban J connectivity index is 1.64. The number of rotatable bonds is 5. The molecule has 2 heterocycles. The van der Waals surface area contributed by atoms with E-state index in [1.807, 2.05) is 66.9 Å². The smallest absolute Gasteiger partial charge is 0.341 e. The van der Waals surface area contributed by atoms with E-state index < -0.39 is 5.97 Å². The third-order valence-electron chi connectivity index (χ3n) is 6.04. The van der Waals surface area contributed by atoms with Crippen molar-refractivity contribution in [1.29, 1.82) is 0 Å². The number of methoxy groups -OCH3 is 1. The molecule has 5 rings (SSSR count). The second-order valence-electron chi connectivity index (χ2n) is 8.27. The van der Waals surface area contributed by atoms with Gasteiger partial charge in [-0.3, -0.25) is 4.79 Å². The number of nitrogens with one attached hydrogen (secondary N) is 1. The Morgan fingerprint density at radius 3 is 2.38 bits per heavy atom. The summed E-state index contributed by atoms with van der Waals surface area (Å²) in [5.74, 6) is -0.894. The topological polar surface area (TPSA) is 68.3 Å². The van der Waals surface area contributed by atoms with Crippen molar-refractivity contribution < 1.29 is 14.3 Å². The number of amides is 1. The summed E-state index contributed by atoms with van der Waals surface area (Å²) in [5, 5.41) is 6.84. The summed E-state index contributed by atoms with van der Waals surface area (Å²) in [6, 6.07) is 22.1. The quantitative estimate of drug-likeness (QED) is 0.225. The number of carbonyl (C=O) groups is 2. The van der Waals surface area contributed by atoms with Crippen molar-refractivity contribution >= 4 is 62.3 Å². The van der Waals surface area contributed by atoms with Gasteiger partial charge in [0.15, 0.2) is 0 Å². The van der Waals surface area contributed by atoms with Crippen molar-refractivity contribution in [3.8, 4) is 22.4 Å². The second kappa shape index (κ2) is 10.3. The molecule has 37 heavy (non-hydrogen) atoms. The van der Waals surface area contributed by atoms with E-state index in [9.17, 15) is 9.59 Å². The predicted octanol–water partition coefficient (Wildman–Crippen LogP) is 8.28. The third-order valence-corrected chi connectivity index (χ3v) is 7.48. The number of halogens is 2. The number of benzene rings is 3. The van der Waals surface area contributed by atoms with Crippen LogP contribution in [0.3, 0.4) is 0 Å². The van der Waals surface area contributed by atoms with Crippen molar-refractivity contribution in [1.82, 2.24) is 4.98 Å². The molecule has 0 aliphatic carbocycles. The van der Waals surface area contributed by atoms with Crippen molar-refractivity contribution in [2.24, 2.45) is 0 Å². The van der Waals surface area contributed by atoms with Crippen LogP contribution in [0.15, 0.2) is 78.2 Å². The highest BCUT2D eigenvalue weighted by Gasteiger charge is 2.25. The van der Waals surface area contributed by atoms with Crippen LogP contribution in [0.4, 0.5) is 5.00 Å². The Hall–Kier alpha value is -3.71. The van der Waals surface area contributed by atoms with Gasteiger partial charge in [0.2, 0.25) is 0 Å². The first kappa shape index (κ1) is 25.0. The molecule has 3 aromatic carbocycles. The van der Waals surface area contributed by atoms with Gasteiger partial charge in [-0.15, -0.1) is 11.3 Å². The summed E-state index contributed by atoms with van der Waals surface area (Å²) in [6.07, 6.45) is 0. The average molecular weight is 547 g/mol. The van der Waals surface area contributed by atoms with Gasteiger partial charge in [-0.1, -0.05) is 71.7 Å². The van der Waals surface area contributed by atoms with E-state index in [0.29, 0.717) is 59.5 Å². The number of carbonyl (C=O) groups excluding carboxylic acids is 2. The molecular weight excluding hydrogens is 527 g/mol. The summed E-state index contributed by atoms with van der Waals surface area (Å²) >= 11 is 13.9. The highest BCUT2D eigenvalue weighted by atomic mass is 35.5. The summed E-state index contributed by atoms with van der Waals surface area (Å²) in [6.45, 7) is 1.83. The molecule has 1 N–H and O–H groups in total. The molecule has 184 valence electrons. The van der Waals surface area contributed by atoms with Crippen molar-refractivity contribution in [3.05, 3.63) is 105 Å². The van der Waals surface area contributed by atoms with Gasteiger partial charge in [0, 0.05) is 26.9 Å². The minimum absolute atomic E-state index is 0.309. The fraction of sp³-hybridized carbons (Fsp3) is 0.0690. The number of ether oxygens (including phenoxy) is 1. The number of fused-ring (bicyclic) bond motifs is 1. The first-order valence-corrected chi connectivity index (χ1v) is 12.9. The van der Waals surface area contributed by atoms with Crippen molar-refractivity contribution in [2.45, 2.75) is 6.92 Å². The van der Waals surface area contributed by atoms with Crippen LogP contribution in [0.1, 0.15) is 26.3 Å². The zero-order valence-corrected chi connectivity index (χ0v) is 22.2. The van der Waals surface area contributed by atoms with E-state index >= 15 is 0 Å². The summed E-state index contributed by atoms with van der Waals surface area (Å²) in [7, 11) is 1.32. The fourth-order valence-electron chi connectivity index (χ4n) is 4.29. The molecule has 5 aromatic rings. The van der Waals surface area contributed by atoms with Gasteiger partial charge in [-0.05, 0) is 42.3 Å². The molecule has 0 bridgehead atoms. The molecule has 2 aromatic heterocycles. The second-order valence-corrected chi connectivity index (χ2v) is 9.99. The zero-order chi connectivity index (χ0) is 26.1. The highest BCUT2D eigenvalue weighted by molar-refractivity contribution is 7.15. The number of pyridine rings is 1. The molecule has 0 saturated heterocycles. The van der Waals surface area contributed by atoms with Gasteiger partial charge < -0.3 is 10.1 Å². The van der Waals surface area contributed by atoms with Crippen LogP contribution in [0.2, 0.25) is 10.0 Å². The lowest BCUT2D eigenvalue weighted by atomic mass is 9.97. The molecule has 0 saturated carbocycles. The zero-order valence-electron chi connectivity index (χ0n) is 19.8. The molecule has 0 unspecified atom stereocenters. The maximum Gasteiger partial charge on any atom is 0.341 e. The Morgan fingerprint density at radius 1 is 0.919 bits per heavy atom. The Labute approximate surface area is 227 Å². The van der Waals surface area contributed by atoms with Crippen molar-refractivity contribution in [2.75, 3.05) is 12.4 Å². The average Bonchev–Trinajstić information content (AvgIpc) is 3.32. The first-order valence-electron chi connectivity index (χ1n) is 11.3. The SMILES string of the molecule is COC(=O)c1c(-c2ccccc2)csc1NC(=O)c1c(C)c(-c2ccc(Cl)cc2Cl)nc2ccccc12. The number of aromatic nitrogens is 1. The third kappa shape index (κ3) is 4.71. The van der Waals surface area contributed by atoms with Crippen LogP contribution >= 0.6 is 34.5 Å². The van der Waals surface area contributed by atoms with Gasteiger partial charge >= 0.3 is 5.97 Å². The number of hydrogen-bond donors (Lipinski definition) is 1. The maximum absolute atomic E-state index is 13.8. The molecule has 0 radical (unpaired) electrons. The molecular formula is C29H20Cl2N2O3S. The minimum atomic E-state index is -0.527. The Kier molecular flexibility index (Phi) is 6.98. The predicted molar refractivity (Wildman–Crippen MR) is 151 cm³/mol. The van der Waals surface area contributed by atoms with Crippen LogP contribution < -0.4 is 5.32 Å². The van der Waals surface area contributed by atoms with Crippen LogP contribution in [0.25, 0.3) is 33.3 Å². The van der Waals surface area contributed by atoms with Gasteiger partial charge in [-0.2, -0.15) is 0 Å². The lowest BCUT2D eigenvalue weighted by Crippen LogP contribution is -2.17. The lowest BCUT2D eigenvalue weighted by molar-refractivity contribution is 0.0603. The molecule has 8 heteroatoms. The largest absolute Gasteiger partial charge is 0.465 e. The Bertz CT molecular complexity index is 1670. The van der Waals surface area contributed by atoms with Gasteiger partial charge in [0.25, 0.3) is 5.91 Å². The number of esters is 1. The van der Waals surface area contributed by atoms with Gasteiger partial charge in [0.05, 0.1) is 28.9 Å². The molecule has 0 spiro atoms. The monoisotopic (exact) mass is 546 g/mol. The van der Waals surface area contributed by atoms with E-state index in [0.717, 1.165) is 5.56 Å². The van der Waals surface area contributed by atoms with Crippen LogP contribution in [0.5, 0.6) is 0 Å². The summed E-state index contributed by atoms with van der Waals surface area (Å²) in [5.41, 5.74) is 4.84. The number of anilines is 1. The highest BCUT2D eigenvalue weighted by Crippen LogP contribution is 2.38. The fourth-order valence-corrected chi connectivity index (χ4v) is 5.74. The first-order chi connectivity index (χ1) is 17.9. The number of nitrogens with zero attached hydrogens (tertiary/aromatic N) is 1. The number of hydrogen-bond acceptors (Lipinski definition) is 5. The Morgan fingerprint density at radius 2 is 1.65 bits per heavy atom. The molecule has 0 aliphatic heterocycles. The van der Waals surface area contributed by atoms with E-state index in [1.165, 1.54) is 18.4 Å². The minimum Gasteiger partial charge on any atom is -0.465 e. The van der Waals surface area contributed by atoms with Crippen LogP contribution in [-0.4, -0.2) is 24.0 Å². The van der Waals surface area contributed by atoms with Gasteiger partial charge in [0.1, 0.15) is 10.6 Å². The number of thiophene rings is 1. The maximum atomic E-state index is 13.8. The van der Waals surface area contributed by atoms with Crippen molar-refractivity contribution in [3.63, 3.8) is 0 Å². The normalized spacial score (nSPS) is 10.9. The van der Waals surface area contributed by atoms with Gasteiger partial charge in [-0.25, -0.2) is 9.78 Å². The van der Waals surface area contributed by atoms with E-state index in [1.54, 1.807) is 18.2 Å². The number of para-hydroxylation sites is 1. The molecule has 0 atom stereocenters. The van der Waals surface area contributed by atoms with Crippen LogP contribution in [0, 0.1) is 6.92 Å². The van der Waals surface area contributed by atoms with E-state index in [-0.39, 0.29) is 5.91 Å². The summed E-state index contributed by atoms with van der Waals surface area (Å²) < 4.78 is 5.06.